The zero-order valence-electron chi connectivity index (χ0n) is 31.7. The highest BCUT2D eigenvalue weighted by Crippen LogP contribution is 2.12. The number of hydrogen-bond acceptors (Lipinski definition) is 11. The fraction of sp³-hybridized carbons (Fsp3) is 0.727. The summed E-state index contributed by atoms with van der Waals surface area (Å²) in [4.78, 5) is 113. The van der Waals surface area contributed by atoms with Crippen LogP contribution in [0.15, 0.2) is 0 Å². The van der Waals surface area contributed by atoms with Crippen LogP contribution in [0.3, 0.4) is 0 Å². The molecule has 0 aromatic carbocycles. The van der Waals surface area contributed by atoms with Crippen molar-refractivity contribution in [3.8, 4) is 0 Å². The second-order valence-corrected chi connectivity index (χ2v) is 13.9. The van der Waals surface area contributed by atoms with E-state index in [-0.39, 0.29) is 25.2 Å². The molecule has 0 saturated carbocycles. The molecule has 0 radical (unpaired) electrons. The van der Waals surface area contributed by atoms with E-state index in [9.17, 15) is 53.4 Å². The Morgan fingerprint density at radius 1 is 0.623 bits per heavy atom. The van der Waals surface area contributed by atoms with E-state index in [1.165, 1.54) is 13.8 Å². The summed E-state index contributed by atoms with van der Waals surface area (Å²) in [6, 6.07) is -9.28. The molecular formula is C33H59N9O11. The normalized spacial score (nSPS) is 16.3. The number of aliphatic carboxylic acids is 1. The topological polar surface area (TPSA) is 344 Å². The maximum Gasteiger partial charge on any atom is 0.305 e. The number of hydrogen-bond donors (Lipinski definition) is 11. The van der Waals surface area contributed by atoms with E-state index in [0.717, 1.165) is 0 Å². The molecule has 0 rings (SSSR count). The van der Waals surface area contributed by atoms with Gasteiger partial charge in [0.25, 0.3) is 0 Å². The molecule has 8 amide bonds. The molecule has 0 spiro atoms. The van der Waals surface area contributed by atoms with Gasteiger partial charge in [-0.05, 0) is 44.4 Å². The molecule has 14 N–H and O–H groups in total. The van der Waals surface area contributed by atoms with Gasteiger partial charge in [-0.15, -0.1) is 0 Å². The van der Waals surface area contributed by atoms with Gasteiger partial charge in [0, 0.05) is 6.42 Å². The van der Waals surface area contributed by atoms with E-state index in [1.807, 2.05) is 0 Å². The van der Waals surface area contributed by atoms with E-state index in [1.54, 1.807) is 41.5 Å². The minimum Gasteiger partial charge on any atom is -0.481 e. The van der Waals surface area contributed by atoms with Crippen LogP contribution >= 0.6 is 0 Å². The van der Waals surface area contributed by atoms with Gasteiger partial charge < -0.3 is 59.3 Å². The molecule has 9 unspecified atom stereocenters. The first-order valence-corrected chi connectivity index (χ1v) is 17.5. The number of nitrogens with two attached hydrogens (primary N) is 3. The van der Waals surface area contributed by atoms with Gasteiger partial charge in [-0.1, -0.05) is 48.0 Å². The van der Waals surface area contributed by atoms with E-state index in [4.69, 9.17) is 17.2 Å². The van der Waals surface area contributed by atoms with Gasteiger partial charge in [0.1, 0.15) is 42.3 Å². The summed E-state index contributed by atoms with van der Waals surface area (Å²) in [6.07, 6.45) is -2.07. The van der Waals surface area contributed by atoms with Crippen LogP contribution < -0.4 is 49.1 Å². The predicted octanol–water partition coefficient (Wildman–Crippen LogP) is -3.40. The zero-order chi connectivity index (χ0) is 41.3. The first kappa shape index (κ1) is 48.1. The summed E-state index contributed by atoms with van der Waals surface area (Å²) in [7, 11) is 0. The SMILES string of the molecule is CCC(C)C(NC(=O)C(C)NC(=O)C(NC(=O)C(CC(C)C)NC(=O)C(CC(=O)O)NC(=O)C(N)C(C)O)C(C)C)C(=O)NC(CCC(N)=O)C(N)=O. The minimum atomic E-state index is -1.66. The third-order valence-electron chi connectivity index (χ3n) is 8.31. The number of aliphatic hydroxyl groups excluding tert-OH is 1. The van der Waals surface area contributed by atoms with Gasteiger partial charge in [0.2, 0.25) is 47.3 Å². The number of amides is 8. The average molecular weight is 758 g/mol. The first-order valence-electron chi connectivity index (χ1n) is 17.5. The van der Waals surface area contributed by atoms with Gasteiger partial charge in [-0.2, -0.15) is 0 Å². The fourth-order valence-electron chi connectivity index (χ4n) is 4.82. The molecule has 0 aliphatic rings. The summed E-state index contributed by atoms with van der Waals surface area (Å²) in [6.45, 7) is 12.8. The van der Waals surface area contributed by atoms with Gasteiger partial charge in [0.05, 0.1) is 12.5 Å². The summed E-state index contributed by atoms with van der Waals surface area (Å²) in [5.41, 5.74) is 16.1. The van der Waals surface area contributed by atoms with Crippen LogP contribution in [0.1, 0.15) is 87.5 Å². The second kappa shape index (κ2) is 22.9. The average Bonchev–Trinajstić information content (AvgIpc) is 3.04. The summed E-state index contributed by atoms with van der Waals surface area (Å²) >= 11 is 0. The quantitative estimate of drug-likeness (QED) is 0.0459. The Balaban J connectivity index is 5.95. The standard InChI is InChI=1S/C33H59N9O11/c1-9-16(6)26(33(53)38-19(27(36)47)10-11-22(34)44)42-28(48)17(7)37-32(52)25(15(4)5)41-30(50)20(12-14(2)3)39-29(49)21(13-23(45)46)40-31(51)24(35)18(8)43/h14-21,24-26,43H,9-13,35H2,1-8H3,(H2,34,44)(H2,36,47)(H,37,52)(H,38,53)(H,39,49)(H,40,51)(H,41,50)(H,42,48)(H,45,46). The highest BCUT2D eigenvalue weighted by atomic mass is 16.4. The summed E-state index contributed by atoms with van der Waals surface area (Å²) in [5.74, 6) is -9.36. The van der Waals surface area contributed by atoms with Crippen LogP contribution in [0.25, 0.3) is 0 Å². The van der Waals surface area contributed by atoms with Crippen LogP contribution in [-0.2, 0) is 43.2 Å². The maximum atomic E-state index is 13.5. The Bertz CT molecular complexity index is 1330. The molecule has 0 bridgehead atoms. The van der Waals surface area contributed by atoms with Crippen molar-refractivity contribution in [3.05, 3.63) is 0 Å². The molecule has 0 aliphatic carbocycles. The van der Waals surface area contributed by atoms with Crippen molar-refractivity contribution in [2.45, 2.75) is 136 Å². The predicted molar refractivity (Wildman–Crippen MR) is 191 cm³/mol. The first-order chi connectivity index (χ1) is 24.4. The van der Waals surface area contributed by atoms with E-state index in [0.29, 0.717) is 6.42 Å². The largest absolute Gasteiger partial charge is 0.481 e. The number of carbonyl (C=O) groups is 9. The number of nitrogens with one attached hydrogen (secondary N) is 6. The number of carboxylic acid groups (broad SMARTS) is 1. The lowest BCUT2D eigenvalue weighted by Crippen LogP contribution is -2.61. The number of primary amides is 2. The lowest BCUT2D eigenvalue weighted by molar-refractivity contribution is -0.141. The van der Waals surface area contributed by atoms with Crippen molar-refractivity contribution >= 4 is 53.2 Å². The van der Waals surface area contributed by atoms with Crippen molar-refractivity contribution in [1.82, 2.24) is 31.9 Å². The molecule has 53 heavy (non-hydrogen) atoms. The van der Waals surface area contributed by atoms with Gasteiger partial charge in [-0.25, -0.2) is 0 Å². The van der Waals surface area contributed by atoms with E-state index < -0.39 is 120 Å². The molecule has 302 valence electrons. The molecule has 0 saturated heterocycles. The molecule has 0 aromatic heterocycles. The highest BCUT2D eigenvalue weighted by molar-refractivity contribution is 5.98. The van der Waals surface area contributed by atoms with Gasteiger partial charge in [0.15, 0.2) is 0 Å². The van der Waals surface area contributed by atoms with Crippen LogP contribution in [0.5, 0.6) is 0 Å². The van der Waals surface area contributed by atoms with Crippen LogP contribution in [0.2, 0.25) is 0 Å². The summed E-state index contributed by atoms with van der Waals surface area (Å²) in [5, 5.41) is 33.6. The smallest absolute Gasteiger partial charge is 0.305 e. The Morgan fingerprint density at radius 2 is 1.11 bits per heavy atom. The Hall–Kier alpha value is -4.85. The lowest BCUT2D eigenvalue weighted by atomic mass is 9.97. The molecule has 0 heterocycles. The fourth-order valence-corrected chi connectivity index (χ4v) is 4.82. The highest BCUT2D eigenvalue weighted by Gasteiger charge is 2.35. The third-order valence-corrected chi connectivity index (χ3v) is 8.31. The van der Waals surface area contributed by atoms with Crippen molar-refractivity contribution in [2.75, 3.05) is 0 Å². The van der Waals surface area contributed by atoms with Crippen molar-refractivity contribution in [1.29, 1.82) is 0 Å². The third kappa shape index (κ3) is 17.5. The van der Waals surface area contributed by atoms with Crippen molar-refractivity contribution in [2.24, 2.45) is 35.0 Å². The number of carboxylic acids is 1. The molecule has 20 nitrogen and oxygen atoms in total. The van der Waals surface area contributed by atoms with Crippen LogP contribution in [-0.4, -0.2) is 112 Å². The maximum absolute atomic E-state index is 13.5. The number of aliphatic hydroxyl groups is 1. The van der Waals surface area contributed by atoms with Crippen LogP contribution in [0.4, 0.5) is 0 Å². The molecule has 0 fully saturated rings. The number of rotatable bonds is 24. The lowest BCUT2D eigenvalue weighted by Gasteiger charge is -2.29. The van der Waals surface area contributed by atoms with Gasteiger partial charge in [-0.3, -0.25) is 43.2 Å². The van der Waals surface area contributed by atoms with E-state index >= 15 is 0 Å². The number of carbonyl (C=O) groups excluding carboxylic acids is 8. The molecule has 9 atom stereocenters. The second-order valence-electron chi connectivity index (χ2n) is 13.9. The van der Waals surface area contributed by atoms with E-state index in [2.05, 4.69) is 31.9 Å². The van der Waals surface area contributed by atoms with Crippen molar-refractivity contribution in [3.63, 3.8) is 0 Å². The zero-order valence-corrected chi connectivity index (χ0v) is 31.7. The Kier molecular flexibility index (Phi) is 20.8. The molecule has 20 heteroatoms. The van der Waals surface area contributed by atoms with Crippen LogP contribution in [0, 0.1) is 17.8 Å². The summed E-state index contributed by atoms with van der Waals surface area (Å²) < 4.78 is 0. The molecular weight excluding hydrogens is 698 g/mol. The Labute approximate surface area is 309 Å². The monoisotopic (exact) mass is 757 g/mol. The Morgan fingerprint density at radius 3 is 1.57 bits per heavy atom. The van der Waals surface area contributed by atoms with Gasteiger partial charge >= 0.3 is 5.97 Å². The van der Waals surface area contributed by atoms with Crippen molar-refractivity contribution < 1.29 is 53.4 Å². The molecule has 0 aliphatic heterocycles. The minimum absolute atomic E-state index is 0.0436. The molecule has 0 aromatic rings.